The molecule has 0 spiro atoms. The van der Waals surface area contributed by atoms with E-state index in [1.807, 2.05) is 0 Å². The zero-order chi connectivity index (χ0) is 16.9. The molecule has 0 aromatic heterocycles. The quantitative estimate of drug-likeness (QED) is 0.794. The second-order valence-electron chi connectivity index (χ2n) is 4.53. The van der Waals surface area contributed by atoms with E-state index in [9.17, 15) is 13.2 Å². The molecule has 0 aliphatic rings. The summed E-state index contributed by atoms with van der Waals surface area (Å²) in [5.41, 5.74) is 5.31. The van der Waals surface area contributed by atoms with Crippen molar-refractivity contribution in [1.29, 1.82) is 0 Å². The highest BCUT2D eigenvalue weighted by molar-refractivity contribution is 7.92. The predicted molar refractivity (Wildman–Crippen MR) is 84.9 cm³/mol. The lowest BCUT2D eigenvalue weighted by Crippen LogP contribution is -2.20. The minimum absolute atomic E-state index is 0.0508. The fraction of sp³-hybridized carbons (Fsp3) is 0.133. The van der Waals surface area contributed by atoms with Crippen LogP contribution in [0.1, 0.15) is 0 Å². The Kier molecular flexibility index (Phi) is 5.07. The number of sulfonamides is 1. The van der Waals surface area contributed by atoms with Crippen LogP contribution in [0.15, 0.2) is 53.4 Å². The first kappa shape index (κ1) is 16.6. The Morgan fingerprint density at radius 3 is 2.39 bits per heavy atom. The van der Waals surface area contributed by atoms with E-state index in [1.54, 1.807) is 24.3 Å². The molecule has 1 amide bonds. The number of carbonyl (C=O) groups excluding carboxylic acids is 1. The van der Waals surface area contributed by atoms with E-state index in [2.05, 4.69) is 4.72 Å². The van der Waals surface area contributed by atoms with Crippen LogP contribution in [0.25, 0.3) is 0 Å². The Morgan fingerprint density at radius 2 is 1.78 bits per heavy atom. The fourth-order valence-electron chi connectivity index (χ4n) is 1.80. The maximum absolute atomic E-state index is 12.4. The van der Waals surface area contributed by atoms with Crippen LogP contribution < -0.4 is 19.9 Å². The Bertz CT molecular complexity index is 788. The third-order valence-corrected chi connectivity index (χ3v) is 4.25. The summed E-state index contributed by atoms with van der Waals surface area (Å²) in [4.78, 5) is 10.7. The number of anilines is 1. The van der Waals surface area contributed by atoms with Gasteiger partial charge in [0.05, 0.1) is 17.7 Å². The van der Waals surface area contributed by atoms with E-state index in [0.29, 0.717) is 17.2 Å². The molecule has 7 nitrogen and oxygen atoms in total. The normalized spacial score (nSPS) is 10.8. The molecule has 2 aromatic rings. The summed E-state index contributed by atoms with van der Waals surface area (Å²) in [7, 11) is -2.31. The van der Waals surface area contributed by atoms with Crippen molar-refractivity contribution in [3.8, 4) is 11.5 Å². The highest BCUT2D eigenvalue weighted by atomic mass is 32.2. The van der Waals surface area contributed by atoms with Crippen molar-refractivity contribution < 1.29 is 22.7 Å². The molecule has 0 fully saturated rings. The van der Waals surface area contributed by atoms with Gasteiger partial charge in [-0.15, -0.1) is 0 Å². The van der Waals surface area contributed by atoms with Crippen molar-refractivity contribution in [3.05, 3.63) is 48.5 Å². The second-order valence-corrected chi connectivity index (χ2v) is 6.21. The molecule has 0 aliphatic carbocycles. The molecular formula is C15H16N2O5S. The predicted octanol–water partition coefficient (Wildman–Crippen LogP) is 1.36. The molecule has 2 aromatic carbocycles. The smallest absolute Gasteiger partial charge is 0.262 e. The number of rotatable bonds is 7. The van der Waals surface area contributed by atoms with E-state index < -0.39 is 15.9 Å². The number of hydrogen-bond donors (Lipinski definition) is 2. The third kappa shape index (κ3) is 4.36. The van der Waals surface area contributed by atoms with E-state index in [4.69, 9.17) is 15.2 Å². The number of nitrogens with two attached hydrogens (primary N) is 1. The number of primary amides is 1. The largest absolute Gasteiger partial charge is 0.495 e. The summed E-state index contributed by atoms with van der Waals surface area (Å²) in [6, 6.07) is 12.3. The molecule has 0 atom stereocenters. The number of hydrogen-bond acceptors (Lipinski definition) is 5. The highest BCUT2D eigenvalue weighted by Crippen LogP contribution is 2.26. The molecule has 2 rings (SSSR count). The molecule has 0 saturated heterocycles. The Balaban J connectivity index is 2.17. The van der Waals surface area contributed by atoms with Crippen LogP contribution in [0.2, 0.25) is 0 Å². The molecule has 0 bridgehead atoms. The fourth-order valence-corrected chi connectivity index (χ4v) is 2.87. The first-order valence-electron chi connectivity index (χ1n) is 6.59. The number of methoxy groups -OCH3 is 1. The van der Waals surface area contributed by atoms with Crippen LogP contribution in [0, 0.1) is 0 Å². The lowest BCUT2D eigenvalue weighted by Gasteiger charge is -2.12. The maximum atomic E-state index is 12.4. The van der Waals surface area contributed by atoms with E-state index >= 15 is 0 Å². The van der Waals surface area contributed by atoms with Crippen molar-refractivity contribution in [1.82, 2.24) is 0 Å². The van der Waals surface area contributed by atoms with Crippen molar-refractivity contribution in [2.45, 2.75) is 4.90 Å². The molecule has 122 valence electrons. The van der Waals surface area contributed by atoms with Gasteiger partial charge in [-0.25, -0.2) is 8.42 Å². The van der Waals surface area contributed by atoms with Crippen LogP contribution in [0.4, 0.5) is 5.69 Å². The zero-order valence-electron chi connectivity index (χ0n) is 12.4. The second kappa shape index (κ2) is 7.01. The third-order valence-electron chi connectivity index (χ3n) is 2.87. The first-order chi connectivity index (χ1) is 10.9. The minimum atomic E-state index is -3.77. The van der Waals surface area contributed by atoms with Crippen LogP contribution >= 0.6 is 0 Å². The molecule has 0 radical (unpaired) electrons. The number of nitrogens with one attached hydrogen (secondary N) is 1. The van der Waals surface area contributed by atoms with Crippen molar-refractivity contribution in [3.63, 3.8) is 0 Å². The number of benzene rings is 2. The summed E-state index contributed by atoms with van der Waals surface area (Å²) < 4.78 is 37.4. The van der Waals surface area contributed by atoms with E-state index in [1.165, 1.54) is 31.4 Å². The average molecular weight is 336 g/mol. The van der Waals surface area contributed by atoms with Crippen LogP contribution in [-0.4, -0.2) is 28.0 Å². The van der Waals surface area contributed by atoms with Gasteiger partial charge in [0.1, 0.15) is 11.5 Å². The molecule has 23 heavy (non-hydrogen) atoms. The lowest BCUT2D eigenvalue weighted by atomic mass is 10.3. The molecule has 3 N–H and O–H groups in total. The minimum Gasteiger partial charge on any atom is -0.495 e. The molecule has 0 heterocycles. The van der Waals surface area contributed by atoms with Crippen molar-refractivity contribution >= 4 is 21.6 Å². The summed E-state index contributed by atoms with van der Waals surface area (Å²) in [5, 5.41) is 0. The van der Waals surface area contributed by atoms with Gasteiger partial charge < -0.3 is 15.2 Å². The van der Waals surface area contributed by atoms with Crippen molar-refractivity contribution in [2.75, 3.05) is 18.4 Å². The van der Waals surface area contributed by atoms with Crippen LogP contribution in [0.5, 0.6) is 11.5 Å². The van der Waals surface area contributed by atoms with Gasteiger partial charge >= 0.3 is 0 Å². The zero-order valence-corrected chi connectivity index (χ0v) is 13.2. The van der Waals surface area contributed by atoms with Gasteiger partial charge in [-0.05, 0) is 36.4 Å². The molecule has 8 heteroatoms. The average Bonchev–Trinajstić information content (AvgIpc) is 2.53. The van der Waals surface area contributed by atoms with Gasteiger partial charge in [-0.2, -0.15) is 0 Å². The summed E-state index contributed by atoms with van der Waals surface area (Å²) >= 11 is 0. The van der Waals surface area contributed by atoms with Gasteiger partial charge in [0.2, 0.25) is 0 Å². The van der Waals surface area contributed by atoms with E-state index in [0.717, 1.165) is 0 Å². The van der Waals surface area contributed by atoms with Crippen LogP contribution in [0.3, 0.4) is 0 Å². The number of ether oxygens (including phenoxy) is 2. The topological polar surface area (TPSA) is 108 Å². The lowest BCUT2D eigenvalue weighted by molar-refractivity contribution is -0.119. The van der Waals surface area contributed by atoms with Crippen LogP contribution in [-0.2, 0) is 14.8 Å². The highest BCUT2D eigenvalue weighted by Gasteiger charge is 2.16. The molecule has 0 aliphatic heterocycles. The molecule has 0 saturated carbocycles. The van der Waals surface area contributed by atoms with Gasteiger partial charge in [0, 0.05) is 0 Å². The van der Waals surface area contributed by atoms with Crippen molar-refractivity contribution in [2.24, 2.45) is 5.73 Å². The van der Waals surface area contributed by atoms with Gasteiger partial charge in [-0.3, -0.25) is 9.52 Å². The van der Waals surface area contributed by atoms with Gasteiger partial charge in [0.15, 0.2) is 6.61 Å². The maximum Gasteiger partial charge on any atom is 0.262 e. The molecular weight excluding hydrogens is 320 g/mol. The standard InChI is InChI=1S/C15H16N2O5S/c1-21-14-5-3-2-4-13(14)17-23(19,20)12-8-6-11(7-9-12)22-10-15(16)18/h2-9,17H,10H2,1H3,(H2,16,18). The Labute approximate surface area is 134 Å². The first-order valence-corrected chi connectivity index (χ1v) is 8.07. The summed E-state index contributed by atoms with van der Waals surface area (Å²) in [6.07, 6.45) is 0. The van der Waals surface area contributed by atoms with Gasteiger partial charge in [-0.1, -0.05) is 12.1 Å². The van der Waals surface area contributed by atoms with Gasteiger partial charge in [0.25, 0.3) is 15.9 Å². The Morgan fingerprint density at radius 1 is 1.13 bits per heavy atom. The SMILES string of the molecule is COc1ccccc1NS(=O)(=O)c1ccc(OCC(N)=O)cc1. The number of amides is 1. The molecule has 0 unspecified atom stereocenters. The summed E-state index contributed by atoms with van der Waals surface area (Å²) in [6.45, 7) is -0.272. The summed E-state index contributed by atoms with van der Waals surface area (Å²) in [5.74, 6) is 0.150. The number of para-hydroxylation sites is 2. The van der Waals surface area contributed by atoms with E-state index in [-0.39, 0.29) is 11.5 Å². The Hall–Kier alpha value is -2.74. The number of carbonyl (C=O) groups is 1. The monoisotopic (exact) mass is 336 g/mol.